The van der Waals surface area contributed by atoms with E-state index in [0.29, 0.717) is 0 Å². The van der Waals surface area contributed by atoms with Crippen LogP contribution in [-0.4, -0.2) is 0 Å². The highest BCUT2D eigenvalue weighted by Crippen LogP contribution is 2.20. The van der Waals surface area contributed by atoms with Crippen LogP contribution < -0.4 is 0 Å². The maximum atomic E-state index is 5.76. The van der Waals surface area contributed by atoms with Gasteiger partial charge < -0.3 is 0 Å². The van der Waals surface area contributed by atoms with Gasteiger partial charge in [0.2, 0.25) is 0 Å². The van der Waals surface area contributed by atoms with E-state index in [1.165, 1.54) is 5.57 Å². The van der Waals surface area contributed by atoms with Gasteiger partial charge in [-0.3, -0.25) is 0 Å². The predicted octanol–water partition coefficient (Wildman–Crippen LogP) is 2.85. The highest BCUT2D eigenvalue weighted by molar-refractivity contribution is 6.31. The van der Waals surface area contributed by atoms with E-state index in [0.717, 1.165) is 17.9 Å². The molecule has 0 radical (unpaired) electrons. The fraction of sp³-hybridized carbons (Fsp3) is 0.429. The van der Waals surface area contributed by atoms with Crippen LogP contribution in [0.25, 0.3) is 0 Å². The molecule has 44 valence electrons. The third-order valence-corrected chi connectivity index (χ3v) is 1.77. The van der Waals surface area contributed by atoms with Crippen molar-refractivity contribution in [3.8, 4) is 0 Å². The van der Waals surface area contributed by atoms with E-state index in [-0.39, 0.29) is 0 Å². The molecule has 0 saturated carbocycles. The molecule has 0 N–H and O–H groups in total. The largest absolute Gasteiger partial charge is 0.0844 e. The van der Waals surface area contributed by atoms with Gasteiger partial charge in [-0.15, -0.1) is 0 Å². The lowest BCUT2D eigenvalue weighted by molar-refractivity contribution is 1.01. The minimum atomic E-state index is 0.927. The molecule has 0 atom stereocenters. The highest BCUT2D eigenvalue weighted by atomic mass is 35.5. The molecule has 0 amide bonds. The Balaban J connectivity index is 2.73. The molecule has 0 bridgehead atoms. The second-order valence-corrected chi connectivity index (χ2v) is 2.42. The normalized spacial score (nSPS) is 19.8. The Kier molecular flexibility index (Phi) is 1.74. The molecule has 0 aromatic carbocycles. The van der Waals surface area contributed by atoms with Gasteiger partial charge in [0.15, 0.2) is 0 Å². The van der Waals surface area contributed by atoms with Gasteiger partial charge in [0, 0.05) is 5.03 Å². The molecule has 0 aliphatic heterocycles. The van der Waals surface area contributed by atoms with E-state index in [4.69, 9.17) is 11.6 Å². The van der Waals surface area contributed by atoms with Crippen LogP contribution in [0.3, 0.4) is 0 Å². The van der Waals surface area contributed by atoms with Gasteiger partial charge in [0.1, 0.15) is 0 Å². The van der Waals surface area contributed by atoms with Gasteiger partial charge in [-0.25, -0.2) is 0 Å². The zero-order valence-electron chi connectivity index (χ0n) is 4.95. The molecular weight excluding hydrogens is 120 g/mol. The molecule has 0 aromatic rings. The molecule has 0 heterocycles. The number of hydrogen-bond acceptors (Lipinski definition) is 0. The Bertz CT molecular complexity index is 124. The van der Waals surface area contributed by atoms with Gasteiger partial charge in [-0.05, 0) is 25.3 Å². The Labute approximate surface area is 54.8 Å². The fourth-order valence-corrected chi connectivity index (χ4v) is 0.955. The van der Waals surface area contributed by atoms with Gasteiger partial charge in [0.05, 0.1) is 0 Å². The summed E-state index contributed by atoms with van der Waals surface area (Å²) in [5, 5.41) is 0.927. The number of allylic oxidation sites excluding steroid dienone is 4. The molecule has 0 aromatic heterocycles. The minimum absolute atomic E-state index is 0.927. The summed E-state index contributed by atoms with van der Waals surface area (Å²) in [4.78, 5) is 0. The van der Waals surface area contributed by atoms with Gasteiger partial charge in [0.25, 0.3) is 0 Å². The lowest BCUT2D eigenvalue weighted by atomic mass is 10.1. The molecule has 0 nitrogen and oxygen atoms in total. The Morgan fingerprint density at radius 3 is 2.38 bits per heavy atom. The molecule has 1 aliphatic rings. The van der Waals surface area contributed by atoms with Crippen molar-refractivity contribution in [2.24, 2.45) is 0 Å². The molecule has 1 rings (SSSR count). The van der Waals surface area contributed by atoms with E-state index in [2.05, 4.69) is 12.2 Å². The van der Waals surface area contributed by atoms with Crippen LogP contribution in [0.2, 0.25) is 0 Å². The molecule has 1 aliphatic carbocycles. The minimum Gasteiger partial charge on any atom is -0.0844 e. The number of rotatable bonds is 0. The first-order chi connectivity index (χ1) is 3.80. The maximum absolute atomic E-state index is 5.76. The van der Waals surface area contributed by atoms with Gasteiger partial charge in [-0.2, -0.15) is 0 Å². The second-order valence-electron chi connectivity index (χ2n) is 2.02. The summed E-state index contributed by atoms with van der Waals surface area (Å²) < 4.78 is 0. The van der Waals surface area contributed by atoms with Crippen LogP contribution in [-0.2, 0) is 0 Å². The molecule has 0 saturated heterocycles. The first-order valence-corrected chi connectivity index (χ1v) is 3.21. The molecule has 0 spiro atoms. The second kappa shape index (κ2) is 2.36. The average Bonchev–Trinajstić information content (AvgIpc) is 1.77. The van der Waals surface area contributed by atoms with Crippen molar-refractivity contribution in [2.75, 3.05) is 0 Å². The summed E-state index contributed by atoms with van der Waals surface area (Å²) >= 11 is 5.76. The van der Waals surface area contributed by atoms with Crippen molar-refractivity contribution in [1.82, 2.24) is 0 Å². The van der Waals surface area contributed by atoms with Crippen molar-refractivity contribution < 1.29 is 0 Å². The Morgan fingerprint density at radius 1 is 1.38 bits per heavy atom. The van der Waals surface area contributed by atoms with Crippen molar-refractivity contribution in [2.45, 2.75) is 19.8 Å². The summed E-state index contributed by atoms with van der Waals surface area (Å²) in [7, 11) is 0. The smallest absolute Gasteiger partial charge is 0.0392 e. The van der Waals surface area contributed by atoms with Crippen LogP contribution in [0.4, 0.5) is 0 Å². The highest BCUT2D eigenvalue weighted by Gasteiger charge is 1.98. The van der Waals surface area contributed by atoms with Crippen LogP contribution >= 0.6 is 11.6 Å². The third kappa shape index (κ3) is 1.13. The summed E-state index contributed by atoms with van der Waals surface area (Å²) in [5.74, 6) is 0. The maximum Gasteiger partial charge on any atom is 0.0392 e. The summed E-state index contributed by atoms with van der Waals surface area (Å²) in [6, 6.07) is 0. The van der Waals surface area contributed by atoms with Crippen LogP contribution in [0.5, 0.6) is 0 Å². The standard InChI is InChI=1S/C7H9Cl/c1-6-4-2-3-5-7(6)8/h4-5H,2-3H2,1H3. The van der Waals surface area contributed by atoms with Gasteiger partial charge >= 0.3 is 0 Å². The van der Waals surface area contributed by atoms with Crippen molar-refractivity contribution in [3.05, 3.63) is 22.8 Å². The van der Waals surface area contributed by atoms with Crippen molar-refractivity contribution >= 4 is 11.6 Å². The van der Waals surface area contributed by atoms with E-state index in [9.17, 15) is 0 Å². The molecule has 0 fully saturated rings. The van der Waals surface area contributed by atoms with E-state index in [1.54, 1.807) is 0 Å². The number of hydrogen-bond donors (Lipinski definition) is 0. The summed E-state index contributed by atoms with van der Waals surface area (Å²) in [6.45, 7) is 2.04. The summed E-state index contributed by atoms with van der Waals surface area (Å²) in [5.41, 5.74) is 1.22. The SMILES string of the molecule is CC1=CCCC=C1Cl. The molecule has 0 unspecified atom stereocenters. The van der Waals surface area contributed by atoms with Gasteiger partial charge in [-0.1, -0.05) is 23.8 Å². The third-order valence-electron chi connectivity index (χ3n) is 1.32. The van der Waals surface area contributed by atoms with E-state index in [1.807, 2.05) is 6.92 Å². The predicted molar refractivity (Wildman–Crippen MR) is 36.9 cm³/mol. The average molecular weight is 129 g/mol. The molecule has 1 heteroatoms. The first kappa shape index (κ1) is 5.90. The topological polar surface area (TPSA) is 0 Å². The van der Waals surface area contributed by atoms with E-state index < -0.39 is 0 Å². The van der Waals surface area contributed by atoms with Crippen molar-refractivity contribution in [3.63, 3.8) is 0 Å². The monoisotopic (exact) mass is 128 g/mol. The van der Waals surface area contributed by atoms with Crippen LogP contribution in [0, 0.1) is 0 Å². The molecule has 8 heavy (non-hydrogen) atoms. The fourth-order valence-electron chi connectivity index (χ4n) is 0.768. The van der Waals surface area contributed by atoms with E-state index >= 15 is 0 Å². The number of halogens is 1. The summed E-state index contributed by atoms with van der Waals surface area (Å²) in [6.07, 6.45) is 6.50. The Morgan fingerprint density at radius 2 is 2.00 bits per heavy atom. The van der Waals surface area contributed by atoms with Crippen LogP contribution in [0.15, 0.2) is 22.8 Å². The Hall–Kier alpha value is -0.230. The molecular formula is C7H9Cl. The first-order valence-electron chi connectivity index (χ1n) is 2.83. The quantitative estimate of drug-likeness (QED) is 0.471. The zero-order valence-corrected chi connectivity index (χ0v) is 5.70. The zero-order chi connectivity index (χ0) is 5.98. The van der Waals surface area contributed by atoms with Crippen LogP contribution in [0.1, 0.15) is 19.8 Å². The van der Waals surface area contributed by atoms with Crippen molar-refractivity contribution in [1.29, 1.82) is 0 Å². The lowest BCUT2D eigenvalue weighted by Gasteiger charge is -2.03. The lowest BCUT2D eigenvalue weighted by Crippen LogP contribution is -1.82.